The third-order valence-electron chi connectivity index (χ3n) is 4.77. The minimum Gasteiger partial charge on any atom is -0.352 e. The molecule has 0 aromatic heterocycles. The number of hydrogen-bond donors (Lipinski definition) is 2. The van der Waals surface area contributed by atoms with Crippen molar-refractivity contribution in [3.8, 4) is 0 Å². The number of carbonyl (C=O) groups excluding carboxylic acids is 1. The predicted molar refractivity (Wildman–Crippen MR) is 109 cm³/mol. The van der Waals surface area contributed by atoms with Gasteiger partial charge in [0.25, 0.3) is 5.91 Å². The van der Waals surface area contributed by atoms with Crippen LogP contribution in [0.15, 0.2) is 18.2 Å². The maximum absolute atomic E-state index is 13.5. The Bertz CT molecular complexity index is 802. The normalized spacial score (nSPS) is 16.7. The third-order valence-corrected chi connectivity index (χ3v) is 6.41. The van der Waals surface area contributed by atoms with E-state index in [1.165, 1.54) is 6.07 Å². The van der Waals surface area contributed by atoms with Crippen LogP contribution in [-0.4, -0.2) is 56.7 Å². The zero-order valence-corrected chi connectivity index (χ0v) is 18.1. The number of benzene rings is 1. The lowest BCUT2D eigenvalue weighted by atomic mass is 9.96. The van der Waals surface area contributed by atoms with Gasteiger partial charge >= 0.3 is 0 Å². The van der Waals surface area contributed by atoms with Crippen LogP contribution in [0.4, 0.5) is 8.78 Å². The lowest BCUT2D eigenvalue weighted by molar-refractivity contribution is 0.0936. The molecule has 0 bridgehead atoms. The number of nitrogens with one attached hydrogen (secondary N) is 2. The summed E-state index contributed by atoms with van der Waals surface area (Å²) in [6, 6.07) is 3.53. The van der Waals surface area contributed by atoms with Crippen molar-refractivity contribution < 1.29 is 22.0 Å². The van der Waals surface area contributed by atoms with Crippen molar-refractivity contribution in [2.24, 2.45) is 5.92 Å². The quantitative estimate of drug-likeness (QED) is 0.663. The van der Waals surface area contributed by atoms with Gasteiger partial charge in [0, 0.05) is 24.2 Å². The second-order valence-electron chi connectivity index (χ2n) is 8.65. The molecule has 1 aliphatic heterocycles. The van der Waals surface area contributed by atoms with E-state index in [1.807, 2.05) is 20.8 Å². The fourth-order valence-electron chi connectivity index (χ4n) is 3.38. The summed E-state index contributed by atoms with van der Waals surface area (Å²) < 4.78 is 53.0. The van der Waals surface area contributed by atoms with E-state index in [0.717, 1.165) is 38.1 Å². The molecule has 2 N–H and O–H groups in total. The number of nitrogens with zero attached hydrogens (tertiary/aromatic N) is 1. The number of halogens is 2. The molecule has 29 heavy (non-hydrogen) atoms. The van der Waals surface area contributed by atoms with Crippen molar-refractivity contribution in [2.75, 3.05) is 31.9 Å². The number of alkyl halides is 1. The van der Waals surface area contributed by atoms with Gasteiger partial charge in [-0.2, -0.15) is 0 Å². The summed E-state index contributed by atoms with van der Waals surface area (Å²) in [5.74, 6) is -0.716. The standard InChI is InChI=1S/C20H31F2N3O3S/c1-20(2,3)24-29(27,28)9-8-25-6-4-15(5-7-25)14-23-19(26)17-10-16(13-21)11-18(22)12-17/h10-12,15,24H,4-9,13-14H2,1-3H3,(H,23,26). The number of piperidine rings is 1. The number of rotatable bonds is 8. The topological polar surface area (TPSA) is 78.5 Å². The highest BCUT2D eigenvalue weighted by atomic mass is 32.2. The van der Waals surface area contributed by atoms with Gasteiger partial charge in [-0.15, -0.1) is 0 Å². The van der Waals surface area contributed by atoms with Crippen molar-refractivity contribution in [1.82, 2.24) is 14.9 Å². The van der Waals surface area contributed by atoms with Gasteiger partial charge in [-0.05, 0) is 76.4 Å². The molecule has 0 aliphatic carbocycles. The molecule has 1 fully saturated rings. The van der Waals surface area contributed by atoms with Crippen LogP contribution in [-0.2, 0) is 16.7 Å². The first kappa shape index (κ1) is 23.7. The molecule has 1 aliphatic rings. The van der Waals surface area contributed by atoms with Gasteiger partial charge < -0.3 is 10.2 Å². The molecule has 9 heteroatoms. The summed E-state index contributed by atoms with van der Waals surface area (Å²) in [5, 5.41) is 2.79. The van der Waals surface area contributed by atoms with Crippen LogP contribution in [0, 0.1) is 11.7 Å². The fraction of sp³-hybridized carbons (Fsp3) is 0.650. The van der Waals surface area contributed by atoms with Crippen molar-refractivity contribution in [3.05, 3.63) is 35.1 Å². The van der Waals surface area contributed by atoms with Gasteiger partial charge in [0.15, 0.2) is 0 Å². The van der Waals surface area contributed by atoms with E-state index in [1.54, 1.807) is 0 Å². The van der Waals surface area contributed by atoms with E-state index in [4.69, 9.17) is 0 Å². The Morgan fingerprint density at radius 1 is 1.21 bits per heavy atom. The molecule has 6 nitrogen and oxygen atoms in total. The largest absolute Gasteiger partial charge is 0.352 e. The highest BCUT2D eigenvalue weighted by molar-refractivity contribution is 7.89. The highest BCUT2D eigenvalue weighted by Crippen LogP contribution is 2.17. The molecule has 1 saturated heterocycles. The smallest absolute Gasteiger partial charge is 0.251 e. The molecule has 1 aromatic rings. The van der Waals surface area contributed by atoms with Gasteiger partial charge in [-0.3, -0.25) is 4.79 Å². The van der Waals surface area contributed by atoms with E-state index in [-0.39, 0.29) is 22.8 Å². The number of likely N-dealkylation sites (tertiary alicyclic amines) is 1. The molecular formula is C20H31F2N3O3S. The molecule has 0 unspecified atom stereocenters. The summed E-state index contributed by atoms with van der Waals surface area (Å²) in [6.07, 6.45) is 1.68. The van der Waals surface area contributed by atoms with Crippen LogP contribution < -0.4 is 10.0 Å². The Kier molecular flexibility index (Phi) is 8.13. The molecular weight excluding hydrogens is 400 g/mol. The summed E-state index contributed by atoms with van der Waals surface area (Å²) in [4.78, 5) is 14.3. The molecule has 0 atom stereocenters. The molecule has 0 radical (unpaired) electrons. The second kappa shape index (κ2) is 9.95. The Morgan fingerprint density at radius 2 is 1.86 bits per heavy atom. The van der Waals surface area contributed by atoms with Crippen molar-refractivity contribution in [3.63, 3.8) is 0 Å². The monoisotopic (exact) mass is 431 g/mol. The summed E-state index contributed by atoms with van der Waals surface area (Å²) >= 11 is 0. The third kappa shape index (κ3) is 8.36. The summed E-state index contributed by atoms with van der Waals surface area (Å²) in [5.41, 5.74) is -0.234. The lowest BCUT2D eigenvalue weighted by Crippen LogP contribution is -2.45. The van der Waals surface area contributed by atoms with Gasteiger partial charge in [-0.25, -0.2) is 21.9 Å². The SMILES string of the molecule is CC(C)(C)NS(=O)(=O)CCN1CCC(CNC(=O)c2cc(F)cc(CF)c2)CC1. The Hall–Kier alpha value is -1.58. The van der Waals surface area contributed by atoms with E-state index < -0.39 is 34.0 Å². The van der Waals surface area contributed by atoms with Crippen LogP contribution in [0.2, 0.25) is 0 Å². The molecule has 0 saturated carbocycles. The van der Waals surface area contributed by atoms with Crippen molar-refractivity contribution in [1.29, 1.82) is 0 Å². The van der Waals surface area contributed by atoms with E-state index >= 15 is 0 Å². The van der Waals surface area contributed by atoms with Gasteiger partial charge in [-0.1, -0.05) is 0 Å². The van der Waals surface area contributed by atoms with Crippen LogP contribution in [0.25, 0.3) is 0 Å². The van der Waals surface area contributed by atoms with E-state index in [2.05, 4.69) is 14.9 Å². The van der Waals surface area contributed by atoms with E-state index in [9.17, 15) is 22.0 Å². The molecule has 164 valence electrons. The lowest BCUT2D eigenvalue weighted by Gasteiger charge is -2.32. The minimum absolute atomic E-state index is 0.0577. The van der Waals surface area contributed by atoms with Crippen LogP contribution in [0.3, 0.4) is 0 Å². The maximum Gasteiger partial charge on any atom is 0.251 e. The highest BCUT2D eigenvalue weighted by Gasteiger charge is 2.24. The molecule has 2 rings (SSSR count). The Labute approximate surface area is 172 Å². The number of sulfonamides is 1. The van der Waals surface area contributed by atoms with Gasteiger partial charge in [0.2, 0.25) is 10.0 Å². The van der Waals surface area contributed by atoms with Crippen LogP contribution in [0.1, 0.15) is 49.5 Å². The number of hydrogen-bond acceptors (Lipinski definition) is 4. The molecule has 1 heterocycles. The second-order valence-corrected chi connectivity index (χ2v) is 10.5. The fourth-order valence-corrected chi connectivity index (χ4v) is 4.91. The first-order valence-corrected chi connectivity index (χ1v) is 11.5. The average Bonchev–Trinajstić information content (AvgIpc) is 2.63. The summed E-state index contributed by atoms with van der Waals surface area (Å²) in [7, 11) is -3.32. The van der Waals surface area contributed by atoms with E-state index in [0.29, 0.717) is 13.1 Å². The van der Waals surface area contributed by atoms with Crippen LogP contribution in [0.5, 0.6) is 0 Å². The average molecular weight is 432 g/mol. The van der Waals surface area contributed by atoms with Crippen molar-refractivity contribution in [2.45, 2.75) is 45.8 Å². The number of carbonyl (C=O) groups is 1. The minimum atomic E-state index is -3.32. The number of amides is 1. The van der Waals surface area contributed by atoms with Gasteiger partial charge in [0.1, 0.15) is 12.5 Å². The maximum atomic E-state index is 13.5. The zero-order chi connectivity index (χ0) is 21.7. The molecule has 1 amide bonds. The molecule has 1 aromatic carbocycles. The zero-order valence-electron chi connectivity index (χ0n) is 17.3. The first-order chi connectivity index (χ1) is 13.5. The van der Waals surface area contributed by atoms with Crippen molar-refractivity contribution >= 4 is 15.9 Å². The summed E-state index contributed by atoms with van der Waals surface area (Å²) in [6.45, 7) is 7.07. The van der Waals surface area contributed by atoms with Gasteiger partial charge in [0.05, 0.1) is 5.75 Å². The van der Waals surface area contributed by atoms with Crippen LogP contribution >= 0.6 is 0 Å². The molecule has 0 spiro atoms. The Morgan fingerprint density at radius 3 is 2.45 bits per heavy atom. The Balaban J connectivity index is 1.74. The first-order valence-electron chi connectivity index (χ1n) is 9.85. The predicted octanol–water partition coefficient (Wildman–Crippen LogP) is 2.45.